The van der Waals surface area contributed by atoms with E-state index in [0.717, 1.165) is 25.1 Å². The van der Waals surface area contributed by atoms with Crippen molar-refractivity contribution in [3.63, 3.8) is 0 Å². The minimum Gasteiger partial charge on any atom is -0.486 e. The molecule has 0 bridgehead atoms. The molecule has 0 unspecified atom stereocenters. The molecule has 0 atom stereocenters. The first-order valence-electron chi connectivity index (χ1n) is 8.31. The maximum Gasteiger partial charge on any atom is 0.274 e. The van der Waals surface area contributed by atoms with Crippen molar-refractivity contribution in [1.82, 2.24) is 15.6 Å². The van der Waals surface area contributed by atoms with Crippen LogP contribution in [0, 0.1) is 0 Å². The highest BCUT2D eigenvalue weighted by Crippen LogP contribution is 2.35. The van der Waals surface area contributed by atoms with E-state index in [1.54, 1.807) is 6.07 Å². The highest BCUT2D eigenvalue weighted by atomic mass is 16.6. The van der Waals surface area contributed by atoms with Crippen LogP contribution in [0.4, 0.5) is 0 Å². The summed E-state index contributed by atoms with van der Waals surface area (Å²) in [7, 11) is 0. The third-order valence-electron chi connectivity index (χ3n) is 4.22. The van der Waals surface area contributed by atoms with E-state index in [0.29, 0.717) is 37.0 Å². The Hall–Kier alpha value is -2.80. The highest BCUT2D eigenvalue weighted by molar-refractivity contribution is 5.97. The summed E-state index contributed by atoms with van der Waals surface area (Å²) in [5.41, 5.74) is 2.22. The monoisotopic (exact) mass is 341 g/mol. The predicted molar refractivity (Wildman–Crippen MR) is 90.8 cm³/mol. The van der Waals surface area contributed by atoms with E-state index < -0.39 is 0 Å². The van der Waals surface area contributed by atoms with Crippen LogP contribution in [0.3, 0.4) is 0 Å². The van der Waals surface area contributed by atoms with Gasteiger partial charge in [-0.2, -0.15) is 0 Å². The van der Waals surface area contributed by atoms with Crippen LogP contribution >= 0.6 is 0 Å². The SMILES string of the molecule is O=C(NCC1=CCNCC1)c1ncoc1-c1ccc2c(c1)OCCO2. The Balaban J connectivity index is 1.52. The van der Waals surface area contributed by atoms with Gasteiger partial charge in [0, 0.05) is 18.7 Å². The predicted octanol–water partition coefficient (Wildman–Crippen LogP) is 1.76. The van der Waals surface area contributed by atoms with E-state index in [9.17, 15) is 4.79 Å². The van der Waals surface area contributed by atoms with Crippen LogP contribution in [0.25, 0.3) is 11.3 Å². The van der Waals surface area contributed by atoms with Gasteiger partial charge in [-0.25, -0.2) is 4.98 Å². The zero-order chi connectivity index (χ0) is 17.1. The Morgan fingerprint density at radius 3 is 2.96 bits per heavy atom. The van der Waals surface area contributed by atoms with Crippen molar-refractivity contribution in [2.45, 2.75) is 6.42 Å². The fourth-order valence-corrected chi connectivity index (χ4v) is 2.90. The summed E-state index contributed by atoms with van der Waals surface area (Å²) in [6, 6.07) is 5.45. The van der Waals surface area contributed by atoms with E-state index in [1.165, 1.54) is 12.0 Å². The summed E-state index contributed by atoms with van der Waals surface area (Å²) >= 11 is 0. The first kappa shape index (κ1) is 15.7. The van der Waals surface area contributed by atoms with Crippen molar-refractivity contribution in [3.8, 4) is 22.8 Å². The van der Waals surface area contributed by atoms with Gasteiger partial charge in [-0.1, -0.05) is 11.6 Å². The van der Waals surface area contributed by atoms with Gasteiger partial charge in [0.05, 0.1) is 0 Å². The fraction of sp³-hybridized carbons (Fsp3) is 0.333. The molecule has 2 aliphatic rings. The molecule has 0 fully saturated rings. The number of amides is 1. The van der Waals surface area contributed by atoms with Gasteiger partial charge < -0.3 is 24.5 Å². The van der Waals surface area contributed by atoms with Crippen LogP contribution in [0.5, 0.6) is 11.5 Å². The van der Waals surface area contributed by atoms with Gasteiger partial charge in [-0.05, 0) is 31.2 Å². The lowest BCUT2D eigenvalue weighted by Crippen LogP contribution is -2.30. The Morgan fingerprint density at radius 2 is 2.12 bits per heavy atom. The molecule has 3 heterocycles. The summed E-state index contributed by atoms with van der Waals surface area (Å²) in [6.07, 6.45) is 4.33. The number of hydrogen-bond acceptors (Lipinski definition) is 6. The second-order valence-corrected chi connectivity index (χ2v) is 5.89. The quantitative estimate of drug-likeness (QED) is 0.824. The molecule has 0 saturated heterocycles. The molecule has 130 valence electrons. The van der Waals surface area contributed by atoms with Crippen molar-refractivity contribution in [2.24, 2.45) is 0 Å². The molecule has 0 radical (unpaired) electrons. The summed E-state index contributed by atoms with van der Waals surface area (Å²) in [5, 5.41) is 6.16. The molecule has 0 saturated carbocycles. The number of carbonyl (C=O) groups excluding carboxylic acids is 1. The van der Waals surface area contributed by atoms with Crippen molar-refractivity contribution >= 4 is 5.91 Å². The van der Waals surface area contributed by atoms with E-state index in [1.807, 2.05) is 12.1 Å². The lowest BCUT2D eigenvalue weighted by Gasteiger charge is -2.18. The fourth-order valence-electron chi connectivity index (χ4n) is 2.90. The van der Waals surface area contributed by atoms with E-state index in [-0.39, 0.29) is 11.6 Å². The summed E-state index contributed by atoms with van der Waals surface area (Å²) in [4.78, 5) is 16.6. The topological polar surface area (TPSA) is 85.6 Å². The van der Waals surface area contributed by atoms with Gasteiger partial charge in [0.15, 0.2) is 29.3 Å². The van der Waals surface area contributed by atoms with Crippen molar-refractivity contribution < 1.29 is 18.7 Å². The lowest BCUT2D eigenvalue weighted by atomic mass is 10.1. The zero-order valence-electron chi connectivity index (χ0n) is 13.7. The molecule has 2 aliphatic heterocycles. The average molecular weight is 341 g/mol. The molecular formula is C18H19N3O4. The maximum atomic E-state index is 12.5. The zero-order valence-corrected chi connectivity index (χ0v) is 13.7. The van der Waals surface area contributed by atoms with Gasteiger partial charge in [0.25, 0.3) is 5.91 Å². The van der Waals surface area contributed by atoms with Gasteiger partial charge in [0.1, 0.15) is 13.2 Å². The number of benzene rings is 1. The van der Waals surface area contributed by atoms with Crippen LogP contribution in [-0.2, 0) is 0 Å². The van der Waals surface area contributed by atoms with Gasteiger partial charge in [-0.3, -0.25) is 4.79 Å². The minimum absolute atomic E-state index is 0.252. The first-order chi connectivity index (χ1) is 12.3. The molecule has 2 aromatic rings. The van der Waals surface area contributed by atoms with Gasteiger partial charge in [-0.15, -0.1) is 0 Å². The number of carbonyl (C=O) groups is 1. The second kappa shape index (κ2) is 6.98. The number of oxazole rings is 1. The molecule has 0 aliphatic carbocycles. The molecule has 2 N–H and O–H groups in total. The van der Waals surface area contributed by atoms with E-state index in [2.05, 4.69) is 21.7 Å². The number of hydrogen-bond donors (Lipinski definition) is 2. The van der Waals surface area contributed by atoms with E-state index in [4.69, 9.17) is 13.9 Å². The minimum atomic E-state index is -0.252. The summed E-state index contributed by atoms with van der Waals surface area (Å²) < 4.78 is 16.6. The molecule has 1 aromatic carbocycles. The van der Waals surface area contributed by atoms with Crippen LogP contribution < -0.4 is 20.1 Å². The molecule has 25 heavy (non-hydrogen) atoms. The van der Waals surface area contributed by atoms with E-state index >= 15 is 0 Å². The number of ether oxygens (including phenoxy) is 2. The Kier molecular flexibility index (Phi) is 4.39. The number of fused-ring (bicyclic) bond motifs is 1. The first-order valence-corrected chi connectivity index (χ1v) is 8.31. The van der Waals surface area contributed by atoms with Crippen LogP contribution in [0.2, 0.25) is 0 Å². The summed E-state index contributed by atoms with van der Waals surface area (Å²) in [5.74, 6) is 1.51. The second-order valence-electron chi connectivity index (χ2n) is 5.89. The third kappa shape index (κ3) is 3.36. The third-order valence-corrected chi connectivity index (χ3v) is 4.22. The largest absolute Gasteiger partial charge is 0.486 e. The number of rotatable bonds is 4. The highest BCUT2D eigenvalue weighted by Gasteiger charge is 2.21. The summed E-state index contributed by atoms with van der Waals surface area (Å²) in [6.45, 7) is 3.34. The number of nitrogens with one attached hydrogen (secondary N) is 2. The lowest BCUT2D eigenvalue weighted by molar-refractivity contribution is 0.0952. The average Bonchev–Trinajstić information content (AvgIpc) is 3.16. The van der Waals surface area contributed by atoms with Crippen molar-refractivity contribution in [3.05, 3.63) is 41.9 Å². The standard InChI is InChI=1S/C18H19N3O4/c22-18(20-10-12-3-5-19-6-4-12)16-17(25-11-21-16)13-1-2-14-15(9-13)24-8-7-23-14/h1-3,9,11,19H,4-8,10H2,(H,20,22). The van der Waals surface area contributed by atoms with Crippen molar-refractivity contribution in [1.29, 1.82) is 0 Å². The van der Waals surface area contributed by atoms with Crippen LogP contribution in [0.15, 0.2) is 40.7 Å². The molecular weight excluding hydrogens is 322 g/mol. The molecule has 7 nitrogen and oxygen atoms in total. The smallest absolute Gasteiger partial charge is 0.274 e. The normalized spacial score (nSPS) is 16.2. The van der Waals surface area contributed by atoms with Crippen LogP contribution in [0.1, 0.15) is 16.9 Å². The Labute approximate surface area is 145 Å². The Bertz CT molecular complexity index is 812. The number of nitrogens with zero attached hydrogens (tertiary/aromatic N) is 1. The Morgan fingerprint density at radius 1 is 1.24 bits per heavy atom. The number of aromatic nitrogens is 1. The maximum absolute atomic E-state index is 12.5. The molecule has 7 heteroatoms. The molecule has 1 aromatic heterocycles. The molecule has 1 amide bonds. The van der Waals surface area contributed by atoms with Crippen LogP contribution in [-0.4, -0.2) is 43.7 Å². The molecule has 0 spiro atoms. The molecule has 4 rings (SSSR count). The van der Waals surface area contributed by atoms with Crippen molar-refractivity contribution in [2.75, 3.05) is 32.8 Å². The van der Waals surface area contributed by atoms with Gasteiger partial charge >= 0.3 is 0 Å². The van der Waals surface area contributed by atoms with Gasteiger partial charge in [0.2, 0.25) is 0 Å².